The van der Waals surface area contributed by atoms with Gasteiger partial charge in [0.25, 0.3) is 5.69 Å². The van der Waals surface area contributed by atoms with E-state index in [1.165, 1.54) is 19.2 Å². The highest BCUT2D eigenvalue weighted by atomic mass is 16.6. The molecule has 0 bridgehead atoms. The topological polar surface area (TPSA) is 70.2 Å². The molecule has 0 spiro atoms. The summed E-state index contributed by atoms with van der Waals surface area (Å²) >= 11 is 0. The first-order valence-corrected chi connectivity index (χ1v) is 4.93. The Balaban J connectivity index is 2.51. The number of hydrogen-bond acceptors (Lipinski definition) is 4. The molecular formula is C11H11N3O3. The van der Waals surface area contributed by atoms with E-state index in [0.717, 1.165) is 11.1 Å². The summed E-state index contributed by atoms with van der Waals surface area (Å²) in [6, 6.07) is 4.52. The van der Waals surface area contributed by atoms with Crippen LogP contribution in [-0.4, -0.2) is 21.8 Å². The number of rotatable bonds is 3. The molecule has 0 unspecified atom stereocenters. The zero-order chi connectivity index (χ0) is 12.4. The van der Waals surface area contributed by atoms with Crippen molar-refractivity contribution in [3.63, 3.8) is 0 Å². The Morgan fingerprint density at radius 3 is 2.76 bits per heavy atom. The third kappa shape index (κ3) is 2.10. The summed E-state index contributed by atoms with van der Waals surface area (Å²) < 4.78 is 6.82. The molecule has 0 saturated heterocycles. The summed E-state index contributed by atoms with van der Waals surface area (Å²) in [5.74, 6) is 0.465. The summed E-state index contributed by atoms with van der Waals surface area (Å²) in [6.45, 7) is 0. The third-order valence-corrected chi connectivity index (χ3v) is 2.41. The van der Waals surface area contributed by atoms with Gasteiger partial charge in [-0.3, -0.25) is 14.8 Å². The van der Waals surface area contributed by atoms with Crippen LogP contribution in [-0.2, 0) is 7.05 Å². The Morgan fingerprint density at radius 1 is 1.47 bits per heavy atom. The van der Waals surface area contributed by atoms with E-state index in [9.17, 15) is 10.1 Å². The number of nitro groups is 1. The van der Waals surface area contributed by atoms with Crippen LogP contribution in [0.3, 0.4) is 0 Å². The number of methoxy groups -OCH3 is 1. The van der Waals surface area contributed by atoms with Crippen LogP contribution in [0.1, 0.15) is 0 Å². The van der Waals surface area contributed by atoms with Gasteiger partial charge in [0.2, 0.25) is 0 Å². The van der Waals surface area contributed by atoms with Crippen molar-refractivity contribution in [3.05, 3.63) is 40.7 Å². The minimum absolute atomic E-state index is 0.00879. The lowest BCUT2D eigenvalue weighted by molar-refractivity contribution is -0.384. The van der Waals surface area contributed by atoms with Gasteiger partial charge < -0.3 is 4.74 Å². The third-order valence-electron chi connectivity index (χ3n) is 2.41. The highest BCUT2D eigenvalue weighted by Crippen LogP contribution is 2.32. The Morgan fingerprint density at radius 2 is 2.24 bits per heavy atom. The molecule has 17 heavy (non-hydrogen) atoms. The minimum Gasteiger partial charge on any atom is -0.496 e. The SMILES string of the molecule is COc1cc([N+](=O)[O-])ccc1-c1cnn(C)c1. The summed E-state index contributed by atoms with van der Waals surface area (Å²) in [5, 5.41) is 14.7. The number of aromatic nitrogens is 2. The van der Waals surface area contributed by atoms with Gasteiger partial charge in [-0.1, -0.05) is 0 Å². The molecule has 2 aromatic rings. The number of hydrogen-bond donors (Lipinski definition) is 0. The fourth-order valence-corrected chi connectivity index (χ4v) is 1.59. The zero-order valence-electron chi connectivity index (χ0n) is 9.45. The first-order valence-electron chi connectivity index (χ1n) is 4.93. The maximum absolute atomic E-state index is 10.7. The van der Waals surface area contributed by atoms with Gasteiger partial charge in [-0.25, -0.2) is 0 Å². The molecule has 1 aromatic carbocycles. The molecule has 0 N–H and O–H groups in total. The lowest BCUT2D eigenvalue weighted by Gasteiger charge is -2.05. The van der Waals surface area contributed by atoms with Crippen molar-refractivity contribution in [3.8, 4) is 16.9 Å². The molecule has 6 nitrogen and oxygen atoms in total. The molecule has 0 saturated carbocycles. The second-order valence-corrected chi connectivity index (χ2v) is 3.54. The van der Waals surface area contributed by atoms with Gasteiger partial charge in [-0.05, 0) is 6.07 Å². The van der Waals surface area contributed by atoms with E-state index in [2.05, 4.69) is 5.10 Å². The Hall–Kier alpha value is -2.37. The Bertz CT molecular complexity index is 563. The van der Waals surface area contributed by atoms with Gasteiger partial charge in [0.05, 0.1) is 24.3 Å². The lowest BCUT2D eigenvalue weighted by atomic mass is 10.1. The monoisotopic (exact) mass is 233 g/mol. The number of nitro benzene ring substituents is 1. The number of non-ortho nitro benzene ring substituents is 1. The first-order chi connectivity index (χ1) is 8.11. The van der Waals surface area contributed by atoms with Crippen LogP contribution in [0, 0.1) is 10.1 Å². The maximum atomic E-state index is 10.7. The molecule has 1 aromatic heterocycles. The van der Waals surface area contributed by atoms with Gasteiger partial charge in [0.1, 0.15) is 5.75 Å². The number of nitrogens with zero attached hydrogens (tertiary/aromatic N) is 3. The van der Waals surface area contributed by atoms with E-state index in [1.807, 2.05) is 6.20 Å². The van der Waals surface area contributed by atoms with Crippen molar-refractivity contribution in [1.29, 1.82) is 0 Å². The fraction of sp³-hybridized carbons (Fsp3) is 0.182. The van der Waals surface area contributed by atoms with Crippen molar-refractivity contribution < 1.29 is 9.66 Å². The predicted octanol–water partition coefficient (Wildman–Crippen LogP) is 2.00. The molecule has 6 heteroatoms. The van der Waals surface area contributed by atoms with Crippen molar-refractivity contribution in [2.45, 2.75) is 0 Å². The molecule has 0 radical (unpaired) electrons. The smallest absolute Gasteiger partial charge is 0.273 e. The average Bonchev–Trinajstić information content (AvgIpc) is 2.74. The quantitative estimate of drug-likeness (QED) is 0.600. The van der Waals surface area contributed by atoms with Crippen molar-refractivity contribution in [2.75, 3.05) is 7.11 Å². The van der Waals surface area contributed by atoms with Crippen molar-refractivity contribution >= 4 is 5.69 Å². The summed E-state index contributed by atoms with van der Waals surface area (Å²) in [6.07, 6.45) is 3.51. The van der Waals surface area contributed by atoms with Crippen LogP contribution >= 0.6 is 0 Å². The highest BCUT2D eigenvalue weighted by molar-refractivity contribution is 5.71. The van der Waals surface area contributed by atoms with Crippen molar-refractivity contribution in [1.82, 2.24) is 9.78 Å². The van der Waals surface area contributed by atoms with E-state index < -0.39 is 4.92 Å². The maximum Gasteiger partial charge on any atom is 0.273 e. The molecule has 0 fully saturated rings. The van der Waals surface area contributed by atoms with Gasteiger partial charge in [0, 0.05) is 30.4 Å². The molecule has 0 atom stereocenters. The van der Waals surface area contributed by atoms with Crippen LogP contribution in [0.5, 0.6) is 5.75 Å². The molecule has 0 aliphatic rings. The van der Waals surface area contributed by atoms with Crippen LogP contribution in [0.4, 0.5) is 5.69 Å². The molecule has 0 aliphatic carbocycles. The molecule has 0 amide bonds. The van der Waals surface area contributed by atoms with E-state index in [-0.39, 0.29) is 5.69 Å². The zero-order valence-corrected chi connectivity index (χ0v) is 9.45. The van der Waals surface area contributed by atoms with Crippen LogP contribution in [0.15, 0.2) is 30.6 Å². The Labute approximate surface area is 97.6 Å². The second kappa shape index (κ2) is 4.25. The van der Waals surface area contributed by atoms with Gasteiger partial charge in [-0.2, -0.15) is 5.10 Å². The van der Waals surface area contributed by atoms with Crippen LogP contribution in [0.25, 0.3) is 11.1 Å². The Kier molecular flexibility index (Phi) is 2.78. The fourth-order valence-electron chi connectivity index (χ4n) is 1.59. The number of ether oxygens (including phenoxy) is 1. The van der Waals surface area contributed by atoms with E-state index >= 15 is 0 Å². The molecule has 88 valence electrons. The molecular weight excluding hydrogens is 222 g/mol. The van der Waals surface area contributed by atoms with Crippen LogP contribution < -0.4 is 4.74 Å². The largest absolute Gasteiger partial charge is 0.496 e. The first kappa shape index (κ1) is 11.1. The standard InChI is InChI=1S/C11H11N3O3/c1-13-7-8(6-12-13)10-4-3-9(14(15)16)5-11(10)17-2/h3-7H,1-2H3. The van der Waals surface area contributed by atoms with Gasteiger partial charge in [-0.15, -0.1) is 0 Å². The molecule has 0 aliphatic heterocycles. The predicted molar refractivity (Wildman–Crippen MR) is 61.9 cm³/mol. The summed E-state index contributed by atoms with van der Waals surface area (Å²) in [5.41, 5.74) is 1.65. The van der Waals surface area contributed by atoms with E-state index in [4.69, 9.17) is 4.74 Å². The van der Waals surface area contributed by atoms with Gasteiger partial charge in [0.15, 0.2) is 0 Å². The van der Waals surface area contributed by atoms with E-state index in [0.29, 0.717) is 5.75 Å². The van der Waals surface area contributed by atoms with Gasteiger partial charge >= 0.3 is 0 Å². The van der Waals surface area contributed by atoms with Crippen molar-refractivity contribution in [2.24, 2.45) is 7.05 Å². The minimum atomic E-state index is -0.449. The van der Waals surface area contributed by atoms with E-state index in [1.54, 1.807) is 24.0 Å². The summed E-state index contributed by atoms with van der Waals surface area (Å²) in [7, 11) is 3.29. The number of aryl methyl sites for hydroxylation is 1. The average molecular weight is 233 g/mol. The van der Waals surface area contributed by atoms with Crippen LogP contribution in [0.2, 0.25) is 0 Å². The molecule has 1 heterocycles. The number of benzene rings is 1. The lowest BCUT2D eigenvalue weighted by Crippen LogP contribution is -1.92. The summed E-state index contributed by atoms with van der Waals surface area (Å²) in [4.78, 5) is 10.2. The normalized spacial score (nSPS) is 10.2. The second-order valence-electron chi connectivity index (χ2n) is 3.54. The molecule has 2 rings (SSSR count). The highest BCUT2D eigenvalue weighted by Gasteiger charge is 2.13.